The predicted molar refractivity (Wildman–Crippen MR) is 95.8 cm³/mol. The highest BCUT2D eigenvalue weighted by atomic mass is 16.7. The first-order valence-corrected chi connectivity index (χ1v) is 9.20. The van der Waals surface area contributed by atoms with Crippen molar-refractivity contribution in [3.8, 4) is 11.5 Å². The number of azide groups is 1. The van der Waals surface area contributed by atoms with Crippen LogP contribution in [0.3, 0.4) is 0 Å². The van der Waals surface area contributed by atoms with Crippen molar-refractivity contribution in [2.45, 2.75) is 37.4 Å². The van der Waals surface area contributed by atoms with Crippen molar-refractivity contribution in [3.63, 3.8) is 0 Å². The fourth-order valence-corrected chi connectivity index (χ4v) is 5.03. The van der Waals surface area contributed by atoms with Gasteiger partial charge in [0.15, 0.2) is 11.5 Å². The number of nitrogens with zero attached hydrogens (tertiary/aromatic N) is 3. The molecule has 1 fully saturated rings. The average Bonchev–Trinajstić information content (AvgIpc) is 3.10. The van der Waals surface area contributed by atoms with Crippen LogP contribution in [0.25, 0.3) is 10.4 Å². The Labute approximate surface area is 157 Å². The second-order valence-electron chi connectivity index (χ2n) is 7.30. The summed E-state index contributed by atoms with van der Waals surface area (Å²) in [5.74, 6) is 1.56. The first-order valence-electron chi connectivity index (χ1n) is 9.20. The zero-order chi connectivity index (χ0) is 19.0. The summed E-state index contributed by atoms with van der Waals surface area (Å²) in [6.07, 6.45) is 2.04. The van der Waals surface area contributed by atoms with Crippen LogP contribution in [0.1, 0.15) is 29.9 Å². The standard InChI is InChI=1S/C19H23N3O5/c1-24-9-26-15-6-4-11-12(13(23)8-21-22-20)7-10-3-5-14(25-2)18-16(10)17(11)19(15)27-18/h3,5,11-12,15,17,19H,4,6-9H2,1-2H3/t11-,12+,15+,17-,19-/m1/s1. The second kappa shape index (κ2) is 7.38. The summed E-state index contributed by atoms with van der Waals surface area (Å²) in [7, 11) is 3.23. The maximum absolute atomic E-state index is 12.7. The molecule has 8 nitrogen and oxygen atoms in total. The lowest BCUT2D eigenvalue weighted by molar-refractivity contribution is -0.136. The molecule has 0 N–H and O–H groups in total. The minimum atomic E-state index is -0.168. The van der Waals surface area contributed by atoms with Crippen molar-refractivity contribution in [2.75, 3.05) is 27.6 Å². The van der Waals surface area contributed by atoms with E-state index in [0.29, 0.717) is 12.2 Å². The zero-order valence-electron chi connectivity index (χ0n) is 15.5. The highest BCUT2D eigenvalue weighted by Gasteiger charge is 2.54. The molecule has 5 atom stereocenters. The Morgan fingerprint density at radius 3 is 2.96 bits per heavy atom. The van der Waals surface area contributed by atoms with Gasteiger partial charge in [-0.2, -0.15) is 0 Å². The van der Waals surface area contributed by atoms with Gasteiger partial charge in [0.25, 0.3) is 0 Å². The maximum Gasteiger partial charge on any atom is 0.165 e. The summed E-state index contributed by atoms with van der Waals surface area (Å²) in [4.78, 5) is 15.5. The van der Waals surface area contributed by atoms with Gasteiger partial charge >= 0.3 is 0 Å². The Balaban J connectivity index is 1.73. The number of ether oxygens (including phenoxy) is 4. The molecule has 1 heterocycles. The first kappa shape index (κ1) is 18.1. The largest absolute Gasteiger partial charge is 0.493 e. The maximum atomic E-state index is 12.7. The van der Waals surface area contributed by atoms with Crippen LogP contribution in [0.4, 0.5) is 0 Å². The molecule has 8 heteroatoms. The number of hydrogen-bond donors (Lipinski definition) is 0. The van der Waals surface area contributed by atoms with E-state index in [0.717, 1.165) is 29.7 Å². The van der Waals surface area contributed by atoms with Crippen LogP contribution in [-0.2, 0) is 20.7 Å². The third-order valence-electron chi connectivity index (χ3n) is 6.08. The fraction of sp³-hybridized carbons (Fsp3) is 0.632. The van der Waals surface area contributed by atoms with Crippen molar-refractivity contribution in [3.05, 3.63) is 33.7 Å². The van der Waals surface area contributed by atoms with E-state index in [-0.39, 0.29) is 49.1 Å². The average molecular weight is 373 g/mol. The molecule has 0 bridgehead atoms. The lowest BCUT2D eigenvalue weighted by Gasteiger charge is -2.44. The number of rotatable bonds is 7. The number of benzene rings is 1. The normalized spacial score (nSPS) is 30.1. The molecular formula is C19H23N3O5. The van der Waals surface area contributed by atoms with Gasteiger partial charge in [0.05, 0.1) is 19.8 Å². The van der Waals surface area contributed by atoms with Crippen LogP contribution in [0.2, 0.25) is 0 Å². The molecule has 1 aliphatic heterocycles. The number of hydrogen-bond acceptors (Lipinski definition) is 6. The van der Waals surface area contributed by atoms with Crippen LogP contribution in [0, 0.1) is 11.8 Å². The molecule has 0 aromatic heterocycles. The van der Waals surface area contributed by atoms with Gasteiger partial charge in [-0.25, -0.2) is 0 Å². The number of Topliss-reactive ketones (excluding diaryl/α,β-unsaturated/α-hetero) is 1. The number of carbonyl (C=O) groups is 1. The fourth-order valence-electron chi connectivity index (χ4n) is 5.03. The second-order valence-corrected chi connectivity index (χ2v) is 7.30. The van der Waals surface area contributed by atoms with Crippen LogP contribution >= 0.6 is 0 Å². The molecule has 144 valence electrons. The first-order chi connectivity index (χ1) is 13.2. The van der Waals surface area contributed by atoms with Crippen LogP contribution in [0.15, 0.2) is 17.2 Å². The summed E-state index contributed by atoms with van der Waals surface area (Å²) >= 11 is 0. The molecule has 1 aromatic carbocycles. The molecule has 1 saturated carbocycles. The van der Waals surface area contributed by atoms with E-state index in [1.54, 1.807) is 14.2 Å². The van der Waals surface area contributed by atoms with E-state index in [1.807, 2.05) is 12.1 Å². The van der Waals surface area contributed by atoms with E-state index in [9.17, 15) is 4.79 Å². The molecule has 0 spiro atoms. The van der Waals surface area contributed by atoms with E-state index >= 15 is 0 Å². The molecule has 0 unspecified atom stereocenters. The van der Waals surface area contributed by atoms with Crippen molar-refractivity contribution in [1.82, 2.24) is 0 Å². The molecule has 3 aliphatic rings. The van der Waals surface area contributed by atoms with Gasteiger partial charge in [0.1, 0.15) is 18.7 Å². The smallest absolute Gasteiger partial charge is 0.165 e. The third kappa shape index (κ3) is 2.94. The molecular weight excluding hydrogens is 350 g/mol. The third-order valence-corrected chi connectivity index (χ3v) is 6.08. The van der Waals surface area contributed by atoms with Crippen LogP contribution < -0.4 is 9.47 Å². The topological polar surface area (TPSA) is 103 Å². The molecule has 0 saturated heterocycles. The van der Waals surface area contributed by atoms with E-state index in [1.165, 1.54) is 0 Å². The van der Waals surface area contributed by atoms with Gasteiger partial charge in [-0.15, -0.1) is 0 Å². The summed E-state index contributed by atoms with van der Waals surface area (Å²) in [5, 5.41) is 3.49. The minimum Gasteiger partial charge on any atom is -0.493 e. The van der Waals surface area contributed by atoms with Gasteiger partial charge < -0.3 is 18.9 Å². The van der Waals surface area contributed by atoms with Crippen molar-refractivity contribution >= 4 is 5.78 Å². The number of methoxy groups -OCH3 is 2. The Morgan fingerprint density at radius 1 is 1.37 bits per heavy atom. The van der Waals surface area contributed by atoms with Gasteiger partial charge in [-0.3, -0.25) is 4.79 Å². The lowest BCUT2D eigenvalue weighted by atomic mass is 9.61. The zero-order valence-corrected chi connectivity index (χ0v) is 15.5. The molecule has 0 amide bonds. The van der Waals surface area contributed by atoms with Crippen molar-refractivity contribution in [1.29, 1.82) is 0 Å². The van der Waals surface area contributed by atoms with Crippen LogP contribution in [0.5, 0.6) is 11.5 Å². The van der Waals surface area contributed by atoms with E-state index in [4.69, 9.17) is 24.5 Å². The van der Waals surface area contributed by atoms with Gasteiger partial charge in [-0.1, -0.05) is 11.2 Å². The Bertz CT molecular complexity index is 792. The van der Waals surface area contributed by atoms with E-state index in [2.05, 4.69) is 10.0 Å². The monoisotopic (exact) mass is 373 g/mol. The van der Waals surface area contributed by atoms with Crippen LogP contribution in [-0.4, -0.2) is 45.5 Å². The number of carbonyl (C=O) groups excluding carboxylic acids is 1. The highest BCUT2D eigenvalue weighted by molar-refractivity contribution is 5.84. The highest BCUT2D eigenvalue weighted by Crippen LogP contribution is 2.58. The predicted octanol–water partition coefficient (Wildman–Crippen LogP) is 2.99. The van der Waals surface area contributed by atoms with E-state index < -0.39 is 0 Å². The lowest BCUT2D eigenvalue weighted by Crippen LogP contribution is -2.48. The summed E-state index contributed by atoms with van der Waals surface area (Å²) in [5.41, 5.74) is 10.8. The summed E-state index contributed by atoms with van der Waals surface area (Å²) < 4.78 is 22.8. The molecule has 1 aromatic rings. The van der Waals surface area contributed by atoms with Crippen molar-refractivity contribution < 1.29 is 23.7 Å². The summed E-state index contributed by atoms with van der Waals surface area (Å²) in [6.45, 7) is 0.110. The van der Waals surface area contributed by atoms with Crippen molar-refractivity contribution in [2.24, 2.45) is 17.0 Å². The molecule has 27 heavy (non-hydrogen) atoms. The SMILES string of the molecule is COCO[C@H]1CC[C@H]2[C@@H]3c4c(ccc(OC)c4O[C@@H]31)C[C@@H]2C(=O)CN=[N+]=[N-]. The minimum absolute atomic E-state index is 0.00253. The molecule has 0 radical (unpaired) electrons. The Morgan fingerprint density at radius 2 is 2.22 bits per heavy atom. The molecule has 4 rings (SSSR count). The summed E-state index contributed by atoms with van der Waals surface area (Å²) in [6, 6.07) is 3.92. The van der Waals surface area contributed by atoms with Gasteiger partial charge in [0, 0.05) is 29.4 Å². The van der Waals surface area contributed by atoms with Gasteiger partial charge in [0.2, 0.25) is 0 Å². The Hall–Kier alpha value is -2.28. The molecule has 2 aliphatic carbocycles. The number of ketones is 1. The Kier molecular flexibility index (Phi) is 4.95. The quantitative estimate of drug-likeness (QED) is 0.316. The van der Waals surface area contributed by atoms with Gasteiger partial charge in [-0.05, 0) is 42.3 Å².